The molecule has 37 heavy (non-hydrogen) atoms. The van der Waals surface area contributed by atoms with Crippen molar-refractivity contribution in [1.82, 2.24) is 0 Å². The Labute approximate surface area is 213 Å². The average molecular weight is 502 g/mol. The second-order valence-corrected chi connectivity index (χ2v) is 8.94. The molecule has 8 heteroatoms. The van der Waals surface area contributed by atoms with Crippen molar-refractivity contribution in [3.05, 3.63) is 88.3 Å². The first kappa shape index (κ1) is 24.2. The molecule has 1 amide bonds. The van der Waals surface area contributed by atoms with Gasteiger partial charge in [0.2, 0.25) is 0 Å². The maximum Gasteiger partial charge on any atom is 0.344 e. The van der Waals surface area contributed by atoms with Crippen molar-refractivity contribution >= 4 is 22.6 Å². The van der Waals surface area contributed by atoms with Crippen LogP contribution in [0.2, 0.25) is 0 Å². The number of carbonyl (C=O) groups is 1. The van der Waals surface area contributed by atoms with Gasteiger partial charge in [-0.15, -0.1) is 0 Å². The van der Waals surface area contributed by atoms with Crippen molar-refractivity contribution in [3.8, 4) is 23.0 Å². The Balaban J connectivity index is 1.60. The van der Waals surface area contributed by atoms with E-state index in [1.165, 1.54) is 0 Å². The highest BCUT2D eigenvalue weighted by Crippen LogP contribution is 2.46. The molecule has 8 nitrogen and oxygen atoms in total. The summed E-state index contributed by atoms with van der Waals surface area (Å²) in [6.07, 6.45) is -1.09. The van der Waals surface area contributed by atoms with Crippen LogP contribution in [0.15, 0.2) is 75.9 Å². The van der Waals surface area contributed by atoms with Crippen LogP contribution >= 0.6 is 0 Å². The Morgan fingerprint density at radius 2 is 1.70 bits per heavy atom. The van der Waals surface area contributed by atoms with Crippen LogP contribution in [-0.2, 0) is 4.79 Å². The van der Waals surface area contributed by atoms with Gasteiger partial charge in [0.1, 0.15) is 17.1 Å². The van der Waals surface area contributed by atoms with E-state index in [1.807, 2.05) is 26.0 Å². The summed E-state index contributed by atoms with van der Waals surface area (Å²) in [4.78, 5) is 26.8. The van der Waals surface area contributed by atoms with E-state index in [0.29, 0.717) is 45.2 Å². The van der Waals surface area contributed by atoms with Gasteiger partial charge in [0, 0.05) is 5.69 Å². The Morgan fingerprint density at radius 3 is 2.41 bits per heavy atom. The summed E-state index contributed by atoms with van der Waals surface area (Å²) in [6.45, 7) is 3.84. The first-order chi connectivity index (χ1) is 17.9. The first-order valence-electron chi connectivity index (χ1n) is 11.9. The zero-order valence-electron chi connectivity index (χ0n) is 20.9. The fraction of sp³-hybridized carbons (Fsp3) is 0.241. The van der Waals surface area contributed by atoms with E-state index in [-0.39, 0.29) is 11.7 Å². The largest absolute Gasteiger partial charge is 0.497 e. The van der Waals surface area contributed by atoms with Gasteiger partial charge in [-0.05, 0) is 67.9 Å². The molecule has 5 rings (SSSR count). The molecule has 0 radical (unpaired) electrons. The Bertz CT molecular complexity index is 1510. The van der Waals surface area contributed by atoms with Crippen LogP contribution < -0.4 is 29.9 Å². The summed E-state index contributed by atoms with van der Waals surface area (Å²) in [6, 6.07) is 19.4. The van der Waals surface area contributed by atoms with Gasteiger partial charge in [0.25, 0.3) is 5.91 Å². The molecule has 1 N–H and O–H groups in total. The number of amides is 1. The van der Waals surface area contributed by atoms with Gasteiger partial charge in [-0.3, -0.25) is 4.79 Å². The predicted octanol–water partition coefficient (Wildman–Crippen LogP) is 5.13. The van der Waals surface area contributed by atoms with Crippen LogP contribution in [0.3, 0.4) is 0 Å². The van der Waals surface area contributed by atoms with Crippen LogP contribution in [0, 0.1) is 0 Å². The highest BCUT2D eigenvalue weighted by molar-refractivity contribution is 5.97. The molecule has 0 saturated carbocycles. The van der Waals surface area contributed by atoms with Crippen LogP contribution in [0.5, 0.6) is 23.0 Å². The molecule has 2 atom stereocenters. The van der Waals surface area contributed by atoms with Crippen LogP contribution in [0.4, 0.5) is 5.69 Å². The summed E-state index contributed by atoms with van der Waals surface area (Å²) in [7, 11) is 3.12. The fourth-order valence-electron chi connectivity index (χ4n) is 4.54. The van der Waals surface area contributed by atoms with Crippen molar-refractivity contribution in [3.63, 3.8) is 0 Å². The molecule has 0 fully saturated rings. The van der Waals surface area contributed by atoms with Crippen molar-refractivity contribution in [2.75, 3.05) is 19.5 Å². The molecular weight excluding hydrogens is 474 g/mol. The standard InChI is InChI=1S/C29H27NO7/c1-16(2)35-22-14-9-17(15-23(22)34-4)24-25-26(20-7-5-6-8-21(20)36-29(25)32)37-27(24)28(31)30-18-10-12-19(33-3)13-11-18/h5-16,24,27H,1-4H3,(H,30,31)/t24-,27+/m0/s1. The van der Waals surface area contributed by atoms with Gasteiger partial charge in [-0.25, -0.2) is 4.79 Å². The van der Waals surface area contributed by atoms with Gasteiger partial charge in [-0.1, -0.05) is 18.2 Å². The monoisotopic (exact) mass is 501 g/mol. The zero-order chi connectivity index (χ0) is 26.1. The maximum absolute atomic E-state index is 13.6. The number of benzene rings is 3. The molecule has 1 aromatic heterocycles. The molecule has 0 spiro atoms. The van der Waals surface area contributed by atoms with Gasteiger partial charge in [-0.2, -0.15) is 0 Å². The van der Waals surface area contributed by atoms with E-state index in [1.54, 1.807) is 68.8 Å². The highest BCUT2D eigenvalue weighted by Gasteiger charge is 2.44. The van der Waals surface area contributed by atoms with Gasteiger partial charge in [0.15, 0.2) is 17.6 Å². The molecule has 0 aliphatic carbocycles. The van der Waals surface area contributed by atoms with Crippen LogP contribution in [-0.4, -0.2) is 32.3 Å². The van der Waals surface area contributed by atoms with Gasteiger partial charge >= 0.3 is 5.63 Å². The van der Waals surface area contributed by atoms with Crippen LogP contribution in [0.25, 0.3) is 11.0 Å². The molecule has 0 bridgehead atoms. The molecule has 2 heterocycles. The fourth-order valence-corrected chi connectivity index (χ4v) is 4.54. The third kappa shape index (κ3) is 4.58. The summed E-state index contributed by atoms with van der Waals surface area (Å²) < 4.78 is 28.5. The Kier molecular flexibility index (Phi) is 6.48. The van der Waals surface area contributed by atoms with Gasteiger partial charge < -0.3 is 28.7 Å². The minimum absolute atomic E-state index is 0.0586. The molecule has 1 aliphatic heterocycles. The second-order valence-electron chi connectivity index (χ2n) is 8.94. The number of ether oxygens (including phenoxy) is 4. The minimum Gasteiger partial charge on any atom is -0.497 e. The number of hydrogen-bond donors (Lipinski definition) is 1. The van der Waals surface area contributed by atoms with Crippen molar-refractivity contribution < 1.29 is 28.2 Å². The number of hydrogen-bond acceptors (Lipinski definition) is 7. The van der Waals surface area contributed by atoms with E-state index in [9.17, 15) is 9.59 Å². The van der Waals surface area contributed by atoms with E-state index in [4.69, 9.17) is 23.4 Å². The lowest BCUT2D eigenvalue weighted by Crippen LogP contribution is -2.35. The highest BCUT2D eigenvalue weighted by atomic mass is 16.5. The Hall–Kier alpha value is -4.46. The minimum atomic E-state index is -1.03. The van der Waals surface area contributed by atoms with Crippen LogP contribution in [0.1, 0.15) is 30.9 Å². The molecule has 3 aromatic carbocycles. The van der Waals surface area contributed by atoms with Crippen molar-refractivity contribution in [2.24, 2.45) is 0 Å². The lowest BCUT2D eigenvalue weighted by atomic mass is 9.88. The number of anilines is 1. The summed E-state index contributed by atoms with van der Waals surface area (Å²) in [5, 5.41) is 3.51. The first-order valence-corrected chi connectivity index (χ1v) is 11.9. The quantitative estimate of drug-likeness (QED) is 0.351. The Morgan fingerprint density at radius 1 is 0.946 bits per heavy atom. The summed E-state index contributed by atoms with van der Waals surface area (Å²) in [5.74, 6) is 0.908. The second kappa shape index (κ2) is 9.89. The van der Waals surface area contributed by atoms with Gasteiger partial charge in [0.05, 0.1) is 37.2 Å². The molecule has 0 unspecified atom stereocenters. The number of methoxy groups -OCH3 is 2. The molecule has 190 valence electrons. The smallest absolute Gasteiger partial charge is 0.344 e. The van der Waals surface area contributed by atoms with E-state index >= 15 is 0 Å². The lowest BCUT2D eigenvalue weighted by Gasteiger charge is -2.20. The lowest BCUT2D eigenvalue weighted by molar-refractivity contribution is -0.122. The average Bonchev–Trinajstić information content (AvgIpc) is 3.31. The summed E-state index contributed by atoms with van der Waals surface area (Å²) >= 11 is 0. The number of nitrogens with one attached hydrogen (secondary N) is 1. The third-order valence-electron chi connectivity index (χ3n) is 6.18. The summed E-state index contributed by atoms with van der Waals surface area (Å²) in [5.41, 5.74) is 1.34. The topological polar surface area (TPSA) is 96.2 Å². The van der Waals surface area contributed by atoms with E-state index in [0.717, 1.165) is 0 Å². The molecule has 0 saturated heterocycles. The number of carbonyl (C=O) groups excluding carboxylic acids is 1. The number of fused-ring (bicyclic) bond motifs is 3. The number of para-hydroxylation sites is 1. The molecular formula is C29H27NO7. The van der Waals surface area contributed by atoms with E-state index < -0.39 is 23.6 Å². The predicted molar refractivity (Wildman–Crippen MR) is 139 cm³/mol. The molecule has 4 aromatic rings. The SMILES string of the molecule is COc1ccc(NC(=O)[C@@H]2Oc3c(c(=O)oc4ccccc34)[C@@H]2c2ccc(OC(C)C)c(OC)c2)cc1. The zero-order valence-corrected chi connectivity index (χ0v) is 20.9. The normalized spacial score (nSPS) is 16.2. The third-order valence-corrected chi connectivity index (χ3v) is 6.18. The van der Waals surface area contributed by atoms with E-state index in [2.05, 4.69) is 5.32 Å². The molecule has 1 aliphatic rings. The van der Waals surface area contributed by atoms with Crippen molar-refractivity contribution in [2.45, 2.75) is 32.0 Å². The number of rotatable bonds is 7. The van der Waals surface area contributed by atoms with Crippen molar-refractivity contribution in [1.29, 1.82) is 0 Å². The maximum atomic E-state index is 13.6.